The van der Waals surface area contributed by atoms with E-state index in [0.29, 0.717) is 0 Å². The van der Waals surface area contributed by atoms with Gasteiger partial charge < -0.3 is 24.8 Å². The fourth-order valence-electron chi connectivity index (χ4n) is 3.60. The minimum atomic E-state index is -0.741. The van der Waals surface area contributed by atoms with Gasteiger partial charge in [0.1, 0.15) is 17.3 Å². The molecule has 8 nitrogen and oxygen atoms in total. The third-order valence-electron chi connectivity index (χ3n) is 5.41. The number of ether oxygens (including phenoxy) is 3. The van der Waals surface area contributed by atoms with Crippen molar-refractivity contribution in [1.29, 1.82) is 0 Å². The number of thioether (sulfide) groups is 1. The highest BCUT2D eigenvalue weighted by atomic mass is 32.2. The first-order valence-electron chi connectivity index (χ1n) is 14.5. The molecule has 0 saturated heterocycles. The van der Waals surface area contributed by atoms with Crippen LogP contribution in [-0.4, -0.2) is 60.1 Å². The summed E-state index contributed by atoms with van der Waals surface area (Å²) in [5.74, 6) is 0.757. The molecule has 0 aliphatic carbocycles. The van der Waals surface area contributed by atoms with E-state index >= 15 is 0 Å². The largest absolute Gasteiger partial charge is 0.458 e. The Morgan fingerprint density at radius 2 is 1.05 bits per heavy atom. The Hall–Kier alpha value is -1.64. The van der Waals surface area contributed by atoms with E-state index in [4.69, 9.17) is 14.2 Å². The number of hydrogen-bond donors (Lipinski definition) is 2. The lowest BCUT2D eigenvalue weighted by atomic mass is 10.1. The first kappa shape index (κ1) is 36.4. The fraction of sp³-hybridized carbons (Fsp3) is 0.897. The number of rotatable bonds is 20. The molecule has 0 bridgehead atoms. The predicted octanol–water partition coefficient (Wildman–Crippen LogP) is 7.38. The van der Waals surface area contributed by atoms with Crippen LogP contribution in [0.4, 0.5) is 9.59 Å². The van der Waals surface area contributed by atoms with Crippen LogP contribution in [0.15, 0.2) is 0 Å². The molecule has 0 radical (unpaired) electrons. The van der Waals surface area contributed by atoms with Crippen LogP contribution in [0.2, 0.25) is 0 Å². The van der Waals surface area contributed by atoms with Crippen molar-refractivity contribution in [1.82, 2.24) is 10.6 Å². The lowest BCUT2D eigenvalue weighted by molar-refractivity contribution is -0.145. The van der Waals surface area contributed by atoms with Gasteiger partial charge in [-0.05, 0) is 53.7 Å². The molecular weight excluding hydrogens is 504 g/mol. The summed E-state index contributed by atoms with van der Waals surface area (Å²) in [6, 6.07) is 0. The normalized spacial score (nSPS) is 11.8. The molecule has 0 aliphatic rings. The molecule has 0 unspecified atom stereocenters. The molecule has 2 amide bonds. The van der Waals surface area contributed by atoms with Crippen LogP contribution in [0.5, 0.6) is 0 Å². The van der Waals surface area contributed by atoms with E-state index in [9.17, 15) is 14.4 Å². The third kappa shape index (κ3) is 26.0. The fourth-order valence-corrected chi connectivity index (χ4v) is 4.39. The maximum absolute atomic E-state index is 12.4. The molecule has 0 heterocycles. The minimum absolute atomic E-state index is 0.0137. The molecule has 0 spiro atoms. The zero-order valence-corrected chi connectivity index (χ0v) is 26.1. The summed E-state index contributed by atoms with van der Waals surface area (Å²) in [5.41, 5.74) is -1.29. The number of unbranched alkanes of at least 4 members (excludes halogenated alkanes) is 11. The van der Waals surface area contributed by atoms with E-state index in [0.717, 1.165) is 12.2 Å². The van der Waals surface area contributed by atoms with Crippen molar-refractivity contribution in [2.75, 3.05) is 24.6 Å². The van der Waals surface area contributed by atoms with Crippen molar-refractivity contribution >= 4 is 29.9 Å². The number of carbonyl (C=O) groups excluding carboxylic acids is 3. The van der Waals surface area contributed by atoms with Gasteiger partial charge in [-0.1, -0.05) is 77.6 Å². The molecule has 0 aliphatic heterocycles. The summed E-state index contributed by atoms with van der Waals surface area (Å²) >= 11 is 1.55. The lowest BCUT2D eigenvalue weighted by Gasteiger charge is -2.23. The van der Waals surface area contributed by atoms with Crippen molar-refractivity contribution in [2.24, 2.45) is 0 Å². The Morgan fingerprint density at radius 1 is 0.658 bits per heavy atom. The number of nitrogens with one attached hydrogen (secondary N) is 2. The quantitative estimate of drug-likeness (QED) is 0.0909. The first-order valence-corrected chi connectivity index (χ1v) is 15.7. The van der Waals surface area contributed by atoms with Crippen LogP contribution in [-0.2, 0) is 19.0 Å². The predicted molar refractivity (Wildman–Crippen MR) is 157 cm³/mol. The van der Waals surface area contributed by atoms with Gasteiger partial charge in [-0.2, -0.15) is 11.8 Å². The van der Waals surface area contributed by atoms with Crippen LogP contribution in [0.1, 0.15) is 126 Å². The molecule has 0 saturated carbocycles. The van der Waals surface area contributed by atoms with Crippen LogP contribution < -0.4 is 10.6 Å². The summed E-state index contributed by atoms with van der Waals surface area (Å²) in [4.78, 5) is 36.4. The molecule has 0 rings (SSSR count). The van der Waals surface area contributed by atoms with Crippen LogP contribution in [0.25, 0.3) is 0 Å². The zero-order chi connectivity index (χ0) is 28.9. The van der Waals surface area contributed by atoms with Gasteiger partial charge in [-0.15, -0.1) is 0 Å². The van der Waals surface area contributed by atoms with Crippen molar-refractivity contribution in [3.05, 3.63) is 0 Å². The minimum Gasteiger partial charge on any atom is -0.458 e. The van der Waals surface area contributed by atoms with Crippen molar-refractivity contribution in [2.45, 2.75) is 143 Å². The second kappa shape index (κ2) is 21.2. The van der Waals surface area contributed by atoms with E-state index in [1.54, 1.807) is 53.3 Å². The number of carbonyl (C=O) groups is 3. The standard InChI is InChI=1S/C29H56N2O6S/c1-8-9-10-11-12-13-14-15-16-17-18-19-20-38-23-25(32)35-24(21-30-26(33)36-28(2,3)4)22-31-27(34)37-29(5,6)7/h24H,8-23H2,1-7H3,(H,30,33)(H,31,34). The Kier molecular flexibility index (Phi) is 20.3. The van der Waals surface area contributed by atoms with Crippen LogP contribution in [0.3, 0.4) is 0 Å². The Bertz CT molecular complexity index is 614. The molecule has 0 fully saturated rings. The lowest BCUT2D eigenvalue weighted by Crippen LogP contribution is -2.45. The van der Waals surface area contributed by atoms with E-state index < -0.39 is 29.5 Å². The topological polar surface area (TPSA) is 103 Å². The van der Waals surface area contributed by atoms with Crippen LogP contribution >= 0.6 is 11.8 Å². The molecule has 0 aromatic heterocycles. The molecule has 0 atom stereocenters. The molecule has 224 valence electrons. The van der Waals surface area contributed by atoms with E-state index in [-0.39, 0.29) is 24.8 Å². The van der Waals surface area contributed by atoms with Gasteiger partial charge in [0.05, 0.1) is 18.8 Å². The van der Waals surface area contributed by atoms with Gasteiger partial charge in [0.25, 0.3) is 0 Å². The summed E-state index contributed by atoms with van der Waals surface area (Å²) in [6.45, 7) is 12.9. The number of hydrogen-bond acceptors (Lipinski definition) is 7. The summed E-state index contributed by atoms with van der Waals surface area (Å²) in [6.07, 6.45) is 13.7. The first-order chi connectivity index (χ1) is 17.8. The van der Waals surface area contributed by atoms with Gasteiger partial charge >= 0.3 is 18.2 Å². The molecule has 0 aromatic carbocycles. The van der Waals surface area contributed by atoms with Gasteiger partial charge in [-0.3, -0.25) is 4.79 Å². The average Bonchev–Trinajstić information content (AvgIpc) is 2.78. The number of amides is 2. The van der Waals surface area contributed by atoms with E-state index in [1.807, 2.05) is 0 Å². The van der Waals surface area contributed by atoms with Gasteiger partial charge in [0.15, 0.2) is 0 Å². The highest BCUT2D eigenvalue weighted by Crippen LogP contribution is 2.14. The van der Waals surface area contributed by atoms with Crippen molar-refractivity contribution in [3.63, 3.8) is 0 Å². The Labute approximate surface area is 236 Å². The second-order valence-electron chi connectivity index (χ2n) is 11.8. The van der Waals surface area contributed by atoms with Crippen LogP contribution in [0, 0.1) is 0 Å². The average molecular weight is 561 g/mol. The zero-order valence-electron chi connectivity index (χ0n) is 25.2. The summed E-state index contributed by atoms with van der Waals surface area (Å²) in [5, 5.41) is 5.20. The number of esters is 1. The summed E-state index contributed by atoms with van der Waals surface area (Å²) in [7, 11) is 0. The maximum Gasteiger partial charge on any atom is 0.407 e. The molecular formula is C29H56N2O6S. The highest BCUT2D eigenvalue weighted by Gasteiger charge is 2.22. The van der Waals surface area contributed by atoms with E-state index in [1.165, 1.54) is 70.6 Å². The maximum atomic E-state index is 12.4. The summed E-state index contributed by atoms with van der Waals surface area (Å²) < 4.78 is 16.0. The van der Waals surface area contributed by atoms with Gasteiger partial charge in [0, 0.05) is 0 Å². The molecule has 0 aromatic rings. The van der Waals surface area contributed by atoms with Crippen molar-refractivity contribution in [3.8, 4) is 0 Å². The van der Waals surface area contributed by atoms with Gasteiger partial charge in [-0.25, -0.2) is 9.59 Å². The molecule has 2 N–H and O–H groups in total. The Balaban J connectivity index is 4.18. The SMILES string of the molecule is CCCCCCCCCCCCCCSCC(=O)OC(CNC(=O)OC(C)(C)C)CNC(=O)OC(C)(C)C. The Morgan fingerprint density at radius 3 is 1.45 bits per heavy atom. The third-order valence-corrected chi connectivity index (χ3v) is 6.42. The van der Waals surface area contributed by atoms with E-state index in [2.05, 4.69) is 17.6 Å². The smallest absolute Gasteiger partial charge is 0.407 e. The molecule has 38 heavy (non-hydrogen) atoms. The van der Waals surface area contributed by atoms with Crippen molar-refractivity contribution < 1.29 is 28.6 Å². The molecule has 9 heteroatoms. The monoisotopic (exact) mass is 560 g/mol. The second-order valence-corrected chi connectivity index (χ2v) is 12.9. The van der Waals surface area contributed by atoms with Gasteiger partial charge in [0.2, 0.25) is 0 Å². The highest BCUT2D eigenvalue weighted by molar-refractivity contribution is 7.99. The number of alkyl carbamates (subject to hydrolysis) is 2.